The maximum atomic E-state index is 13.1. The molecular weight excluding hydrogens is 390 g/mol. The van der Waals surface area contributed by atoms with E-state index in [1.165, 1.54) is 11.3 Å². The number of hydrogen-bond acceptors (Lipinski definition) is 4. The van der Waals surface area contributed by atoms with Gasteiger partial charge in [0, 0.05) is 0 Å². The molecule has 5 nitrogen and oxygen atoms in total. The van der Waals surface area contributed by atoms with Gasteiger partial charge in [-0.3, -0.25) is 14.5 Å². The molecule has 0 spiro atoms. The Morgan fingerprint density at radius 1 is 1.00 bits per heavy atom. The summed E-state index contributed by atoms with van der Waals surface area (Å²) in [6, 6.07) is 6.89. The molecule has 2 bridgehead atoms. The van der Waals surface area contributed by atoms with Gasteiger partial charge in [0.15, 0.2) is 0 Å². The summed E-state index contributed by atoms with van der Waals surface area (Å²) < 4.78 is 5.98. The molecule has 7 atom stereocenters. The van der Waals surface area contributed by atoms with Crippen molar-refractivity contribution in [3.05, 3.63) is 29.8 Å². The number of nitrogens with zero attached hydrogens (tertiary/aromatic N) is 1. The van der Waals surface area contributed by atoms with Gasteiger partial charge in [0.1, 0.15) is 6.10 Å². The second-order valence-electron chi connectivity index (χ2n) is 10.7. The molecule has 1 aromatic carbocycles. The summed E-state index contributed by atoms with van der Waals surface area (Å²) in [5.41, 5.74) is 0.925. The lowest BCUT2D eigenvalue weighted by atomic mass is 9.75. The molecule has 1 aromatic rings. The van der Waals surface area contributed by atoms with Crippen LogP contribution in [0.1, 0.15) is 69.7 Å². The zero-order chi connectivity index (χ0) is 21.9. The van der Waals surface area contributed by atoms with Gasteiger partial charge in [-0.25, -0.2) is 4.79 Å². The Labute approximate surface area is 184 Å². The van der Waals surface area contributed by atoms with Gasteiger partial charge < -0.3 is 4.74 Å². The standard InChI is InChI=1S/C26H33NO4/c1-14(2)20-10-7-15(3)11-21(20)31-26(30)18-5-4-6-19(13-18)27-24(28)22-16-8-9-17(12-16)23(22)25(27)29/h4-6,13-17,20-23H,7-12H2,1-3H3/t15-,16-,17-,20+,21-,22-,23+/m1/s1. The highest BCUT2D eigenvalue weighted by atomic mass is 16.5. The van der Waals surface area contributed by atoms with Crippen molar-refractivity contribution in [2.24, 2.45) is 41.4 Å². The Morgan fingerprint density at radius 2 is 1.68 bits per heavy atom. The van der Waals surface area contributed by atoms with E-state index < -0.39 is 0 Å². The fraction of sp³-hybridized carbons (Fsp3) is 0.654. The number of amides is 2. The van der Waals surface area contributed by atoms with E-state index in [2.05, 4.69) is 20.8 Å². The van der Waals surface area contributed by atoms with E-state index in [1.54, 1.807) is 24.3 Å². The predicted molar refractivity (Wildman–Crippen MR) is 117 cm³/mol. The number of fused-ring (bicyclic) bond motifs is 5. The van der Waals surface area contributed by atoms with Crippen molar-refractivity contribution < 1.29 is 19.1 Å². The van der Waals surface area contributed by atoms with Crippen molar-refractivity contribution in [2.75, 3.05) is 4.90 Å². The van der Waals surface area contributed by atoms with Crippen LogP contribution in [0.25, 0.3) is 0 Å². The second-order valence-corrected chi connectivity index (χ2v) is 10.7. The number of anilines is 1. The molecule has 5 heteroatoms. The Balaban J connectivity index is 1.35. The van der Waals surface area contributed by atoms with E-state index in [0.717, 1.165) is 32.1 Å². The van der Waals surface area contributed by atoms with Crippen LogP contribution in [-0.2, 0) is 14.3 Å². The third-order valence-corrected chi connectivity index (χ3v) is 8.49. The quantitative estimate of drug-likeness (QED) is 0.513. The zero-order valence-electron chi connectivity index (χ0n) is 18.8. The monoisotopic (exact) mass is 423 g/mol. The summed E-state index contributed by atoms with van der Waals surface area (Å²) in [5, 5.41) is 0. The molecule has 166 valence electrons. The van der Waals surface area contributed by atoms with Crippen molar-refractivity contribution in [1.82, 2.24) is 0 Å². The van der Waals surface area contributed by atoms with Crippen molar-refractivity contribution in [3.63, 3.8) is 0 Å². The molecule has 0 unspecified atom stereocenters. The number of imide groups is 1. The van der Waals surface area contributed by atoms with Crippen LogP contribution < -0.4 is 4.90 Å². The Hall–Kier alpha value is -2.17. The zero-order valence-corrected chi connectivity index (χ0v) is 18.8. The lowest BCUT2D eigenvalue weighted by molar-refractivity contribution is -0.123. The first-order valence-corrected chi connectivity index (χ1v) is 12.0. The predicted octanol–water partition coefficient (Wildman–Crippen LogP) is 4.84. The third kappa shape index (κ3) is 3.41. The number of hydrogen-bond donors (Lipinski definition) is 0. The molecule has 0 N–H and O–H groups in total. The molecule has 3 aliphatic carbocycles. The van der Waals surface area contributed by atoms with Gasteiger partial charge in [0.2, 0.25) is 11.8 Å². The summed E-state index contributed by atoms with van der Waals surface area (Å²) >= 11 is 0. The average molecular weight is 424 g/mol. The van der Waals surface area contributed by atoms with Crippen molar-refractivity contribution >= 4 is 23.5 Å². The summed E-state index contributed by atoms with van der Waals surface area (Å²) in [4.78, 5) is 40.6. The van der Waals surface area contributed by atoms with Gasteiger partial charge in [0.25, 0.3) is 0 Å². The molecule has 2 amide bonds. The van der Waals surface area contributed by atoms with Gasteiger partial charge >= 0.3 is 5.97 Å². The van der Waals surface area contributed by atoms with E-state index in [1.807, 2.05) is 0 Å². The first-order valence-electron chi connectivity index (χ1n) is 12.0. The number of rotatable bonds is 4. The third-order valence-electron chi connectivity index (χ3n) is 8.49. The summed E-state index contributed by atoms with van der Waals surface area (Å²) in [6.07, 6.45) is 6.20. The summed E-state index contributed by atoms with van der Waals surface area (Å²) in [6.45, 7) is 6.60. The number of carbonyl (C=O) groups excluding carboxylic acids is 3. The van der Waals surface area contributed by atoms with Crippen LogP contribution in [0.3, 0.4) is 0 Å². The van der Waals surface area contributed by atoms with Gasteiger partial charge in [-0.05, 0) is 79.9 Å². The lowest BCUT2D eigenvalue weighted by Gasteiger charge is -2.36. The highest BCUT2D eigenvalue weighted by molar-refractivity contribution is 6.22. The second kappa shape index (κ2) is 7.75. The van der Waals surface area contributed by atoms with Crippen LogP contribution in [0, 0.1) is 41.4 Å². The first kappa shape index (κ1) is 20.7. The Kier molecular flexibility index (Phi) is 5.18. The number of esters is 1. The minimum atomic E-state index is -0.356. The average Bonchev–Trinajstić information content (AvgIpc) is 3.41. The smallest absolute Gasteiger partial charge is 0.338 e. The molecule has 1 saturated heterocycles. The molecule has 3 saturated carbocycles. The maximum Gasteiger partial charge on any atom is 0.338 e. The molecule has 0 radical (unpaired) electrons. The van der Waals surface area contributed by atoms with Crippen LogP contribution in [0.15, 0.2) is 24.3 Å². The van der Waals surface area contributed by atoms with Gasteiger partial charge in [-0.15, -0.1) is 0 Å². The Morgan fingerprint density at radius 3 is 2.32 bits per heavy atom. The molecular formula is C26H33NO4. The fourth-order valence-corrected chi connectivity index (χ4v) is 6.89. The lowest BCUT2D eigenvalue weighted by Crippen LogP contribution is -2.36. The normalized spacial score (nSPS) is 36.9. The minimum Gasteiger partial charge on any atom is -0.458 e. The van der Waals surface area contributed by atoms with Crippen molar-refractivity contribution in [3.8, 4) is 0 Å². The highest BCUT2D eigenvalue weighted by Gasteiger charge is 2.61. The first-order chi connectivity index (χ1) is 14.8. The van der Waals surface area contributed by atoms with Gasteiger partial charge in [-0.1, -0.05) is 33.3 Å². The van der Waals surface area contributed by atoms with E-state index in [4.69, 9.17) is 4.74 Å². The van der Waals surface area contributed by atoms with Gasteiger partial charge in [-0.2, -0.15) is 0 Å². The van der Waals surface area contributed by atoms with Gasteiger partial charge in [0.05, 0.1) is 23.1 Å². The van der Waals surface area contributed by atoms with Crippen LogP contribution in [-0.4, -0.2) is 23.9 Å². The van der Waals surface area contributed by atoms with E-state index in [-0.39, 0.29) is 35.7 Å². The highest BCUT2D eigenvalue weighted by Crippen LogP contribution is 2.56. The van der Waals surface area contributed by atoms with E-state index in [9.17, 15) is 14.4 Å². The SMILES string of the molecule is CC(C)[C@@H]1CC[C@@H](C)C[C@H]1OC(=O)c1cccc(N2C(=O)[C@@H]3[C@@H]4CC[C@H](C4)[C@@H]3C2=O)c1. The van der Waals surface area contributed by atoms with E-state index in [0.29, 0.717) is 40.8 Å². The number of carbonyl (C=O) groups is 3. The maximum absolute atomic E-state index is 13.1. The van der Waals surface area contributed by atoms with Crippen LogP contribution in [0.4, 0.5) is 5.69 Å². The number of benzene rings is 1. The van der Waals surface area contributed by atoms with Crippen LogP contribution in [0.2, 0.25) is 0 Å². The summed E-state index contributed by atoms with van der Waals surface area (Å²) in [5.74, 6) is 1.28. The molecule has 4 fully saturated rings. The largest absolute Gasteiger partial charge is 0.458 e. The molecule has 5 rings (SSSR count). The number of ether oxygens (including phenoxy) is 1. The molecule has 31 heavy (non-hydrogen) atoms. The summed E-state index contributed by atoms with van der Waals surface area (Å²) in [7, 11) is 0. The van der Waals surface area contributed by atoms with Crippen LogP contribution in [0.5, 0.6) is 0 Å². The van der Waals surface area contributed by atoms with E-state index >= 15 is 0 Å². The minimum absolute atomic E-state index is 0.0753. The topological polar surface area (TPSA) is 63.7 Å². The fourth-order valence-electron chi connectivity index (χ4n) is 6.89. The molecule has 0 aromatic heterocycles. The van der Waals surface area contributed by atoms with Crippen LogP contribution >= 0.6 is 0 Å². The molecule has 1 heterocycles. The molecule has 4 aliphatic rings. The molecule has 1 aliphatic heterocycles. The van der Waals surface area contributed by atoms with Crippen molar-refractivity contribution in [2.45, 2.75) is 65.4 Å². The van der Waals surface area contributed by atoms with Crippen molar-refractivity contribution in [1.29, 1.82) is 0 Å². The Bertz CT molecular complexity index is 880.